The van der Waals surface area contributed by atoms with Crippen molar-refractivity contribution in [3.8, 4) is 11.5 Å². The Bertz CT molecular complexity index is 876. The van der Waals surface area contributed by atoms with Crippen LogP contribution in [0.4, 0.5) is 5.82 Å². The molecule has 30 heavy (non-hydrogen) atoms. The Kier molecular flexibility index (Phi) is 7.21. The Morgan fingerprint density at radius 2 is 1.73 bits per heavy atom. The summed E-state index contributed by atoms with van der Waals surface area (Å²) in [5.74, 6) is 2.07. The van der Waals surface area contributed by atoms with E-state index in [1.165, 1.54) is 0 Å². The second-order valence-electron chi connectivity index (χ2n) is 6.32. The summed E-state index contributed by atoms with van der Waals surface area (Å²) in [6.07, 6.45) is 2.36. The molecule has 0 spiro atoms. The molecule has 13 heteroatoms. The van der Waals surface area contributed by atoms with Gasteiger partial charge in [0.2, 0.25) is 6.79 Å². The summed E-state index contributed by atoms with van der Waals surface area (Å²) < 4.78 is 10.8. The highest BCUT2D eigenvalue weighted by Gasteiger charge is 2.16. The summed E-state index contributed by atoms with van der Waals surface area (Å²) in [6.45, 7) is 1.54. The van der Waals surface area contributed by atoms with E-state index in [1.807, 2.05) is 18.2 Å². The van der Waals surface area contributed by atoms with Gasteiger partial charge in [-0.2, -0.15) is 0 Å². The van der Waals surface area contributed by atoms with E-state index < -0.39 is 10.2 Å². The topological polar surface area (TPSA) is 151 Å². The highest BCUT2D eigenvalue weighted by Crippen LogP contribution is 2.37. The standard InChI is InChI=1S/C17H21N5O8/c23-21(24)29-8-6-20(7-9-30-22(25)26)5-1-3-18-17-14-11-16-15(27-12-28-16)10-13(14)2-4-19-17/h2,4,10-11H,1,3,5-9,12H2,(H,18,19). The lowest BCUT2D eigenvalue weighted by atomic mass is 10.1. The van der Waals surface area contributed by atoms with Gasteiger partial charge in [-0.3, -0.25) is 4.90 Å². The van der Waals surface area contributed by atoms with Crippen molar-refractivity contribution < 1.29 is 29.3 Å². The molecule has 0 saturated carbocycles. The second-order valence-corrected chi connectivity index (χ2v) is 6.32. The van der Waals surface area contributed by atoms with Gasteiger partial charge in [-0.15, -0.1) is 20.2 Å². The lowest BCUT2D eigenvalue weighted by Crippen LogP contribution is -2.33. The van der Waals surface area contributed by atoms with Crippen LogP contribution in [0.5, 0.6) is 11.5 Å². The number of ether oxygens (including phenoxy) is 2. The van der Waals surface area contributed by atoms with Crippen LogP contribution in [-0.4, -0.2) is 66.2 Å². The van der Waals surface area contributed by atoms with Crippen LogP contribution in [0.2, 0.25) is 0 Å². The molecular weight excluding hydrogens is 402 g/mol. The van der Waals surface area contributed by atoms with Crippen LogP contribution < -0.4 is 14.8 Å². The van der Waals surface area contributed by atoms with Gasteiger partial charge in [-0.1, -0.05) is 0 Å². The van der Waals surface area contributed by atoms with E-state index in [9.17, 15) is 20.2 Å². The largest absolute Gasteiger partial charge is 0.454 e. The lowest BCUT2D eigenvalue weighted by molar-refractivity contribution is -0.758. The van der Waals surface area contributed by atoms with Gasteiger partial charge >= 0.3 is 0 Å². The Morgan fingerprint density at radius 1 is 1.07 bits per heavy atom. The summed E-state index contributed by atoms with van der Waals surface area (Å²) in [5, 5.41) is 24.0. The summed E-state index contributed by atoms with van der Waals surface area (Å²) in [6, 6.07) is 5.66. The fourth-order valence-corrected chi connectivity index (χ4v) is 3.04. The van der Waals surface area contributed by atoms with Gasteiger partial charge in [0.1, 0.15) is 19.0 Å². The summed E-state index contributed by atoms with van der Waals surface area (Å²) in [4.78, 5) is 35.4. The predicted octanol–water partition coefficient (Wildman–Crippen LogP) is 1.48. The number of fused-ring (bicyclic) bond motifs is 2. The molecule has 0 aliphatic carbocycles. The molecule has 0 atom stereocenters. The Hall–Kier alpha value is -3.61. The maximum absolute atomic E-state index is 10.3. The number of hydrogen-bond acceptors (Lipinski definition) is 11. The van der Waals surface area contributed by atoms with Gasteiger partial charge < -0.3 is 24.5 Å². The zero-order chi connectivity index (χ0) is 21.3. The highest BCUT2D eigenvalue weighted by atomic mass is 17.0. The average Bonchev–Trinajstić information content (AvgIpc) is 3.16. The Morgan fingerprint density at radius 3 is 2.40 bits per heavy atom. The van der Waals surface area contributed by atoms with E-state index in [2.05, 4.69) is 20.0 Å². The lowest BCUT2D eigenvalue weighted by Gasteiger charge is -2.21. The first-order valence-electron chi connectivity index (χ1n) is 9.22. The number of nitrogens with one attached hydrogen (secondary N) is 1. The molecule has 0 amide bonds. The molecule has 0 radical (unpaired) electrons. The number of nitrogens with zero attached hydrogens (tertiary/aromatic N) is 4. The van der Waals surface area contributed by atoms with Crippen LogP contribution >= 0.6 is 0 Å². The van der Waals surface area contributed by atoms with Crippen molar-refractivity contribution in [3.05, 3.63) is 44.6 Å². The van der Waals surface area contributed by atoms with Gasteiger partial charge in [-0.05, 0) is 36.6 Å². The van der Waals surface area contributed by atoms with E-state index in [0.29, 0.717) is 36.8 Å². The monoisotopic (exact) mass is 423 g/mol. The van der Waals surface area contributed by atoms with Gasteiger partial charge in [0.25, 0.3) is 10.2 Å². The molecule has 0 unspecified atom stereocenters. The molecule has 0 bridgehead atoms. The first-order valence-corrected chi connectivity index (χ1v) is 9.22. The third kappa shape index (κ3) is 5.94. The smallest absolute Gasteiger partial charge is 0.294 e. The molecule has 2 heterocycles. The van der Waals surface area contributed by atoms with E-state index in [1.54, 1.807) is 11.1 Å². The molecular formula is C17H21N5O8. The fourth-order valence-electron chi connectivity index (χ4n) is 3.04. The third-order valence-electron chi connectivity index (χ3n) is 4.41. The molecule has 2 aromatic rings. The van der Waals surface area contributed by atoms with Crippen molar-refractivity contribution in [3.63, 3.8) is 0 Å². The number of rotatable bonds is 13. The van der Waals surface area contributed by atoms with Crippen molar-refractivity contribution in [2.45, 2.75) is 6.42 Å². The van der Waals surface area contributed by atoms with Crippen molar-refractivity contribution in [1.82, 2.24) is 9.88 Å². The summed E-state index contributed by atoms with van der Waals surface area (Å²) in [5.41, 5.74) is 0. The molecule has 3 rings (SSSR count). The minimum atomic E-state index is -0.870. The molecule has 1 aromatic heterocycles. The maximum Gasteiger partial charge on any atom is 0.294 e. The van der Waals surface area contributed by atoms with E-state index in [4.69, 9.17) is 9.47 Å². The van der Waals surface area contributed by atoms with Crippen LogP contribution in [0, 0.1) is 20.2 Å². The Balaban J connectivity index is 1.52. The summed E-state index contributed by atoms with van der Waals surface area (Å²) >= 11 is 0. The van der Waals surface area contributed by atoms with Gasteiger partial charge in [0.15, 0.2) is 11.5 Å². The molecule has 1 aromatic carbocycles. The minimum absolute atomic E-state index is 0.128. The molecule has 1 aliphatic heterocycles. The van der Waals surface area contributed by atoms with E-state index in [-0.39, 0.29) is 33.1 Å². The fraction of sp³-hybridized carbons (Fsp3) is 0.471. The molecule has 1 aliphatic rings. The third-order valence-corrected chi connectivity index (χ3v) is 4.41. The number of hydrogen-bond donors (Lipinski definition) is 1. The normalized spacial score (nSPS) is 12.2. The van der Waals surface area contributed by atoms with Gasteiger partial charge in [-0.25, -0.2) is 4.98 Å². The molecule has 0 fully saturated rings. The quantitative estimate of drug-likeness (QED) is 0.283. The first kappa shape index (κ1) is 21.1. The van der Waals surface area contributed by atoms with Crippen molar-refractivity contribution >= 4 is 16.6 Å². The maximum atomic E-state index is 10.3. The minimum Gasteiger partial charge on any atom is -0.454 e. The van der Waals surface area contributed by atoms with Crippen molar-refractivity contribution in [1.29, 1.82) is 0 Å². The van der Waals surface area contributed by atoms with Crippen LogP contribution in [0.3, 0.4) is 0 Å². The number of benzene rings is 1. The SMILES string of the molecule is O=[N+]([O-])OCCN(CCCNc1nccc2cc3c(cc12)OCO3)CCO[N+](=O)[O-]. The first-order chi connectivity index (χ1) is 14.5. The van der Waals surface area contributed by atoms with Crippen LogP contribution in [0.1, 0.15) is 6.42 Å². The average molecular weight is 423 g/mol. The molecule has 0 saturated heterocycles. The Labute approximate surface area is 170 Å². The predicted molar refractivity (Wildman–Crippen MR) is 103 cm³/mol. The number of anilines is 1. The van der Waals surface area contributed by atoms with Gasteiger partial charge in [0.05, 0.1) is 0 Å². The second kappa shape index (κ2) is 10.2. The zero-order valence-electron chi connectivity index (χ0n) is 16.0. The van der Waals surface area contributed by atoms with Crippen LogP contribution in [0.25, 0.3) is 10.8 Å². The molecule has 1 N–H and O–H groups in total. The van der Waals surface area contributed by atoms with Crippen molar-refractivity contribution in [2.75, 3.05) is 51.5 Å². The summed E-state index contributed by atoms with van der Waals surface area (Å²) in [7, 11) is 0. The zero-order valence-corrected chi connectivity index (χ0v) is 16.0. The number of aromatic nitrogens is 1. The molecule has 162 valence electrons. The van der Waals surface area contributed by atoms with Crippen LogP contribution in [-0.2, 0) is 9.68 Å². The number of pyridine rings is 1. The highest BCUT2D eigenvalue weighted by molar-refractivity contribution is 5.94. The molecule has 13 nitrogen and oxygen atoms in total. The van der Waals surface area contributed by atoms with Crippen LogP contribution in [0.15, 0.2) is 24.4 Å². The van der Waals surface area contributed by atoms with Gasteiger partial charge in [0, 0.05) is 31.2 Å². The van der Waals surface area contributed by atoms with Crippen molar-refractivity contribution in [2.24, 2.45) is 0 Å². The van der Waals surface area contributed by atoms with E-state index in [0.717, 1.165) is 10.8 Å². The van der Waals surface area contributed by atoms with E-state index >= 15 is 0 Å².